The molecule has 78 valence electrons. The van der Waals surface area contributed by atoms with Crippen molar-refractivity contribution in [2.24, 2.45) is 0 Å². The molecular formula is C15H13N. The summed E-state index contributed by atoms with van der Waals surface area (Å²) in [6.45, 7) is 0. The molecule has 0 heterocycles. The fourth-order valence-electron chi connectivity index (χ4n) is 2.36. The summed E-state index contributed by atoms with van der Waals surface area (Å²) < 4.78 is 0. The molecule has 0 aromatic heterocycles. The van der Waals surface area contributed by atoms with Gasteiger partial charge in [-0.15, -0.1) is 0 Å². The summed E-state index contributed by atoms with van der Waals surface area (Å²) in [6.07, 6.45) is 1.71. The van der Waals surface area contributed by atoms with Crippen molar-refractivity contribution in [2.75, 3.05) is 0 Å². The van der Waals surface area contributed by atoms with Gasteiger partial charge in [-0.1, -0.05) is 48.5 Å². The maximum atomic E-state index is 8.14. The van der Waals surface area contributed by atoms with E-state index < -0.39 is 0 Å². The first-order chi connectivity index (χ1) is 7.84. The molecule has 1 aliphatic carbocycles. The van der Waals surface area contributed by atoms with E-state index in [1.807, 2.05) is 6.07 Å². The first-order valence-electron chi connectivity index (χ1n) is 5.57. The number of benzene rings is 2. The van der Waals surface area contributed by atoms with Gasteiger partial charge in [-0.2, -0.15) is 0 Å². The molecule has 0 bridgehead atoms. The van der Waals surface area contributed by atoms with E-state index in [-0.39, 0.29) is 0 Å². The number of hydrogen-bond donors (Lipinski definition) is 1. The average molecular weight is 207 g/mol. The topological polar surface area (TPSA) is 23.9 Å². The Morgan fingerprint density at radius 3 is 2.00 bits per heavy atom. The smallest absolute Gasteiger partial charge is 0.0432 e. The van der Waals surface area contributed by atoms with Gasteiger partial charge in [0.05, 0.1) is 0 Å². The zero-order chi connectivity index (χ0) is 11.0. The van der Waals surface area contributed by atoms with Crippen LogP contribution in [0.3, 0.4) is 0 Å². The minimum absolute atomic E-state index is 0.737. The Labute approximate surface area is 95.3 Å². The molecule has 0 spiro atoms. The van der Waals surface area contributed by atoms with Crippen LogP contribution in [0, 0.1) is 5.41 Å². The monoisotopic (exact) mass is 207 g/mol. The number of nitrogens with one attached hydrogen (secondary N) is 1. The van der Waals surface area contributed by atoms with Gasteiger partial charge < -0.3 is 5.41 Å². The van der Waals surface area contributed by atoms with E-state index in [4.69, 9.17) is 5.41 Å². The van der Waals surface area contributed by atoms with Gasteiger partial charge >= 0.3 is 0 Å². The molecule has 0 aliphatic heterocycles. The molecule has 0 atom stereocenters. The third-order valence-electron chi connectivity index (χ3n) is 3.21. The summed E-state index contributed by atoms with van der Waals surface area (Å²) in [7, 11) is 0. The Balaban J connectivity index is 2.18. The summed E-state index contributed by atoms with van der Waals surface area (Å²) in [4.78, 5) is 0. The molecule has 0 radical (unpaired) electrons. The molecule has 0 fully saturated rings. The second kappa shape index (κ2) is 3.60. The fraction of sp³-hybridized carbons (Fsp3) is 0.133. The molecule has 2 aromatic rings. The SMILES string of the molecule is N=C1Cc2ccccc2Cc2ccccc21. The van der Waals surface area contributed by atoms with Crippen LogP contribution in [-0.4, -0.2) is 5.71 Å². The zero-order valence-electron chi connectivity index (χ0n) is 9.03. The van der Waals surface area contributed by atoms with E-state index in [2.05, 4.69) is 42.5 Å². The molecule has 0 saturated carbocycles. The Hall–Kier alpha value is -1.89. The minimum Gasteiger partial charge on any atom is -0.304 e. The van der Waals surface area contributed by atoms with Gasteiger partial charge in [-0.25, -0.2) is 0 Å². The average Bonchev–Trinajstić information content (AvgIpc) is 2.45. The van der Waals surface area contributed by atoms with Gasteiger partial charge in [0.25, 0.3) is 0 Å². The summed E-state index contributed by atoms with van der Waals surface area (Å²) in [6, 6.07) is 16.7. The highest BCUT2D eigenvalue weighted by Gasteiger charge is 2.15. The first-order valence-corrected chi connectivity index (χ1v) is 5.57. The lowest BCUT2D eigenvalue weighted by Crippen LogP contribution is -2.03. The lowest BCUT2D eigenvalue weighted by atomic mass is 10.0. The largest absolute Gasteiger partial charge is 0.304 e. The van der Waals surface area contributed by atoms with E-state index in [1.165, 1.54) is 16.7 Å². The van der Waals surface area contributed by atoms with Crippen LogP contribution in [-0.2, 0) is 12.8 Å². The normalized spacial score (nSPS) is 13.9. The van der Waals surface area contributed by atoms with Crippen molar-refractivity contribution in [1.82, 2.24) is 0 Å². The number of fused-ring (bicyclic) bond motifs is 2. The second-order valence-corrected chi connectivity index (χ2v) is 4.26. The van der Waals surface area contributed by atoms with Gasteiger partial charge in [0.15, 0.2) is 0 Å². The van der Waals surface area contributed by atoms with E-state index in [1.54, 1.807) is 0 Å². The zero-order valence-corrected chi connectivity index (χ0v) is 9.03. The Kier molecular flexibility index (Phi) is 2.10. The van der Waals surface area contributed by atoms with Gasteiger partial charge in [-0.05, 0) is 28.7 Å². The molecule has 1 nitrogen and oxygen atoms in total. The molecule has 1 heteroatoms. The molecular weight excluding hydrogens is 194 g/mol. The Bertz CT molecular complexity index is 555. The maximum Gasteiger partial charge on any atom is 0.0432 e. The summed E-state index contributed by atoms with van der Waals surface area (Å²) in [5, 5.41) is 8.14. The fourth-order valence-corrected chi connectivity index (χ4v) is 2.36. The van der Waals surface area contributed by atoms with Crippen LogP contribution in [0.5, 0.6) is 0 Å². The van der Waals surface area contributed by atoms with Gasteiger partial charge in [0, 0.05) is 12.1 Å². The minimum atomic E-state index is 0.737. The molecule has 1 N–H and O–H groups in total. The Morgan fingerprint density at radius 1 is 0.688 bits per heavy atom. The molecule has 0 saturated heterocycles. The predicted octanol–water partition coefficient (Wildman–Crippen LogP) is 3.20. The van der Waals surface area contributed by atoms with Crippen molar-refractivity contribution < 1.29 is 0 Å². The molecule has 0 amide bonds. The maximum absolute atomic E-state index is 8.14. The summed E-state index contributed by atoms with van der Waals surface area (Å²) in [5.74, 6) is 0. The second-order valence-electron chi connectivity index (χ2n) is 4.26. The van der Waals surface area contributed by atoms with Crippen LogP contribution >= 0.6 is 0 Å². The van der Waals surface area contributed by atoms with Crippen LogP contribution in [0.4, 0.5) is 0 Å². The quantitative estimate of drug-likeness (QED) is 0.686. The predicted molar refractivity (Wildman–Crippen MR) is 66.2 cm³/mol. The van der Waals surface area contributed by atoms with Gasteiger partial charge in [0.2, 0.25) is 0 Å². The van der Waals surface area contributed by atoms with E-state index >= 15 is 0 Å². The lowest BCUT2D eigenvalue weighted by molar-refractivity contribution is 1.16. The lowest BCUT2D eigenvalue weighted by Gasteiger charge is -2.04. The molecule has 3 rings (SSSR count). The van der Waals surface area contributed by atoms with E-state index in [0.717, 1.165) is 24.1 Å². The summed E-state index contributed by atoms with van der Waals surface area (Å²) in [5.41, 5.74) is 5.78. The number of rotatable bonds is 0. The highest BCUT2D eigenvalue weighted by Crippen LogP contribution is 2.23. The highest BCUT2D eigenvalue weighted by molar-refractivity contribution is 6.01. The third kappa shape index (κ3) is 1.45. The van der Waals surface area contributed by atoms with Crippen molar-refractivity contribution >= 4 is 5.71 Å². The molecule has 0 unspecified atom stereocenters. The van der Waals surface area contributed by atoms with Crippen LogP contribution in [0.25, 0.3) is 0 Å². The van der Waals surface area contributed by atoms with Crippen molar-refractivity contribution in [1.29, 1.82) is 5.41 Å². The molecule has 1 aliphatic rings. The standard InChI is InChI=1S/C15H13N/c16-15-10-12-6-2-1-5-11(12)9-13-7-3-4-8-14(13)15/h1-8,16H,9-10H2. The Morgan fingerprint density at radius 2 is 1.25 bits per heavy atom. The number of hydrogen-bond acceptors (Lipinski definition) is 1. The van der Waals surface area contributed by atoms with E-state index in [0.29, 0.717) is 0 Å². The van der Waals surface area contributed by atoms with Crippen molar-refractivity contribution in [3.63, 3.8) is 0 Å². The van der Waals surface area contributed by atoms with E-state index in [9.17, 15) is 0 Å². The molecule has 2 aromatic carbocycles. The van der Waals surface area contributed by atoms with Crippen LogP contribution in [0.15, 0.2) is 48.5 Å². The van der Waals surface area contributed by atoms with Gasteiger partial charge in [0.1, 0.15) is 0 Å². The highest BCUT2D eigenvalue weighted by atomic mass is 14.4. The van der Waals surface area contributed by atoms with Crippen LogP contribution < -0.4 is 0 Å². The molecule has 16 heavy (non-hydrogen) atoms. The summed E-state index contributed by atoms with van der Waals surface area (Å²) >= 11 is 0. The van der Waals surface area contributed by atoms with Crippen molar-refractivity contribution in [3.05, 3.63) is 70.8 Å². The van der Waals surface area contributed by atoms with Crippen LogP contribution in [0.1, 0.15) is 22.3 Å². The van der Waals surface area contributed by atoms with Gasteiger partial charge in [-0.3, -0.25) is 0 Å². The van der Waals surface area contributed by atoms with Crippen LogP contribution in [0.2, 0.25) is 0 Å². The third-order valence-corrected chi connectivity index (χ3v) is 3.21. The van der Waals surface area contributed by atoms with Crippen molar-refractivity contribution in [3.8, 4) is 0 Å². The first kappa shape index (κ1) is 9.34. The van der Waals surface area contributed by atoms with Crippen molar-refractivity contribution in [2.45, 2.75) is 12.8 Å².